The van der Waals surface area contributed by atoms with Gasteiger partial charge in [0.05, 0.1) is 17.7 Å². The molecule has 3 heteroatoms. The lowest BCUT2D eigenvalue weighted by Gasteiger charge is -2.29. The average molecular weight is 241 g/mol. The molecule has 0 aromatic heterocycles. The van der Waals surface area contributed by atoms with Crippen LogP contribution in [0.4, 0.5) is 5.69 Å². The van der Waals surface area contributed by atoms with Gasteiger partial charge in [0.2, 0.25) is 5.91 Å². The Kier molecular flexibility index (Phi) is 1.68. The van der Waals surface area contributed by atoms with Crippen LogP contribution in [0.25, 0.3) is 0 Å². The molecule has 1 spiro atoms. The van der Waals surface area contributed by atoms with Crippen LogP contribution >= 0.6 is 0 Å². The Morgan fingerprint density at radius 3 is 2.67 bits per heavy atom. The molecule has 2 aliphatic heterocycles. The summed E-state index contributed by atoms with van der Waals surface area (Å²) in [6.45, 7) is 2.07. The van der Waals surface area contributed by atoms with Crippen molar-refractivity contribution < 1.29 is 9.53 Å². The Morgan fingerprint density at radius 1 is 1.28 bits per heavy atom. The number of para-hydroxylation sites is 1. The number of rotatable bonds is 1. The van der Waals surface area contributed by atoms with Crippen molar-refractivity contribution in [3.63, 3.8) is 0 Å². The Balaban J connectivity index is 1.86. The maximum absolute atomic E-state index is 12.7. The van der Waals surface area contributed by atoms with Crippen LogP contribution in [0.1, 0.15) is 19.8 Å². The van der Waals surface area contributed by atoms with Crippen molar-refractivity contribution in [2.24, 2.45) is 5.41 Å². The van der Waals surface area contributed by atoms with Gasteiger partial charge in [-0.2, -0.15) is 0 Å². The second-order valence-corrected chi connectivity index (χ2v) is 5.59. The van der Waals surface area contributed by atoms with Crippen LogP contribution in [-0.4, -0.2) is 17.6 Å². The zero-order valence-electron chi connectivity index (χ0n) is 10.3. The van der Waals surface area contributed by atoms with Gasteiger partial charge in [0.1, 0.15) is 5.60 Å². The van der Waals surface area contributed by atoms with Crippen LogP contribution < -0.4 is 4.90 Å². The Hall–Kier alpha value is -1.77. The molecule has 18 heavy (non-hydrogen) atoms. The number of carbonyl (C=O) groups excluding carboxylic acids is 1. The normalized spacial score (nSPS) is 34.8. The second-order valence-electron chi connectivity index (χ2n) is 5.59. The lowest BCUT2D eigenvalue weighted by atomic mass is 9.85. The van der Waals surface area contributed by atoms with Crippen molar-refractivity contribution >= 4 is 11.6 Å². The molecule has 0 unspecified atom stereocenters. The predicted molar refractivity (Wildman–Crippen MR) is 68.0 cm³/mol. The van der Waals surface area contributed by atoms with Gasteiger partial charge in [0.25, 0.3) is 0 Å². The number of fused-ring (bicyclic) bond motifs is 2. The number of benzene rings is 1. The van der Waals surface area contributed by atoms with Crippen LogP contribution in [0.3, 0.4) is 0 Å². The molecule has 2 heterocycles. The molecule has 1 aromatic carbocycles. The van der Waals surface area contributed by atoms with Crippen LogP contribution in [0.15, 0.2) is 42.7 Å². The summed E-state index contributed by atoms with van der Waals surface area (Å²) in [5.41, 5.74) is 0.314. The summed E-state index contributed by atoms with van der Waals surface area (Å²) in [4.78, 5) is 14.6. The van der Waals surface area contributed by atoms with E-state index in [1.54, 1.807) is 6.26 Å². The Labute approximate surface area is 106 Å². The van der Waals surface area contributed by atoms with E-state index in [1.165, 1.54) is 0 Å². The molecule has 1 saturated heterocycles. The zero-order chi connectivity index (χ0) is 12.4. The minimum absolute atomic E-state index is 0.0369. The average Bonchev–Trinajstić information content (AvgIpc) is 3.09. The van der Waals surface area contributed by atoms with E-state index in [0.29, 0.717) is 0 Å². The standard InChI is InChI=1S/C15H15NO2/c1-14-12(7-10-18-14)16(11-5-3-2-4-6-11)13(17)15(14)8-9-15/h2-7,10,12H,8-9H2,1H3/t12-,14+/m1/s1. The first-order chi connectivity index (χ1) is 8.69. The number of ether oxygens (including phenoxy) is 1. The third-order valence-corrected chi connectivity index (χ3v) is 4.78. The van der Waals surface area contributed by atoms with Crippen molar-refractivity contribution in [2.45, 2.75) is 31.4 Å². The summed E-state index contributed by atoms with van der Waals surface area (Å²) in [6, 6.07) is 9.93. The fourth-order valence-corrected chi connectivity index (χ4v) is 3.51. The van der Waals surface area contributed by atoms with Gasteiger partial charge < -0.3 is 9.64 Å². The van der Waals surface area contributed by atoms with Gasteiger partial charge in [-0.1, -0.05) is 18.2 Å². The van der Waals surface area contributed by atoms with E-state index < -0.39 is 0 Å². The highest BCUT2D eigenvalue weighted by molar-refractivity contribution is 6.05. The summed E-state index contributed by atoms with van der Waals surface area (Å²) in [6.07, 6.45) is 5.67. The van der Waals surface area contributed by atoms with Gasteiger partial charge in [0, 0.05) is 5.69 Å². The van der Waals surface area contributed by atoms with E-state index in [4.69, 9.17) is 4.74 Å². The lowest BCUT2D eigenvalue weighted by molar-refractivity contribution is -0.126. The van der Waals surface area contributed by atoms with Gasteiger partial charge >= 0.3 is 0 Å². The first-order valence-electron chi connectivity index (χ1n) is 6.42. The third kappa shape index (κ3) is 0.949. The maximum atomic E-state index is 12.7. The fourth-order valence-electron chi connectivity index (χ4n) is 3.51. The fraction of sp³-hybridized carbons (Fsp3) is 0.400. The zero-order valence-corrected chi connectivity index (χ0v) is 10.3. The minimum Gasteiger partial charge on any atom is -0.492 e. The van der Waals surface area contributed by atoms with Gasteiger partial charge in [-0.05, 0) is 38.0 Å². The highest BCUT2D eigenvalue weighted by atomic mass is 16.5. The molecule has 2 atom stereocenters. The summed E-state index contributed by atoms with van der Waals surface area (Å²) in [5.74, 6) is 0.227. The smallest absolute Gasteiger partial charge is 0.238 e. The number of hydrogen-bond acceptors (Lipinski definition) is 2. The van der Waals surface area contributed by atoms with Crippen LogP contribution in [-0.2, 0) is 9.53 Å². The molecule has 92 valence electrons. The third-order valence-electron chi connectivity index (χ3n) is 4.78. The van der Waals surface area contributed by atoms with E-state index in [1.807, 2.05) is 41.3 Å². The molecule has 1 aliphatic carbocycles. The first-order valence-corrected chi connectivity index (χ1v) is 6.42. The van der Waals surface area contributed by atoms with Gasteiger partial charge in [-0.25, -0.2) is 0 Å². The molecule has 1 aromatic rings. The molecular formula is C15H15NO2. The topological polar surface area (TPSA) is 29.5 Å². The highest BCUT2D eigenvalue weighted by Gasteiger charge is 2.74. The maximum Gasteiger partial charge on any atom is 0.238 e. The highest BCUT2D eigenvalue weighted by Crippen LogP contribution is 2.64. The van der Waals surface area contributed by atoms with Gasteiger partial charge in [-0.3, -0.25) is 4.79 Å². The van der Waals surface area contributed by atoms with E-state index in [0.717, 1.165) is 18.5 Å². The first kappa shape index (κ1) is 10.2. The Morgan fingerprint density at radius 2 is 2.00 bits per heavy atom. The predicted octanol–water partition coefficient (Wildman–Crippen LogP) is 2.48. The van der Waals surface area contributed by atoms with E-state index in [2.05, 4.69) is 6.92 Å². The van der Waals surface area contributed by atoms with Gasteiger partial charge in [0.15, 0.2) is 0 Å². The molecule has 3 aliphatic rings. The van der Waals surface area contributed by atoms with E-state index in [9.17, 15) is 4.79 Å². The molecule has 3 nitrogen and oxygen atoms in total. The summed E-state index contributed by atoms with van der Waals surface area (Å²) < 4.78 is 5.82. The Bertz CT molecular complexity index is 547. The quantitative estimate of drug-likeness (QED) is 0.756. The minimum atomic E-state index is -0.375. The molecule has 0 radical (unpaired) electrons. The number of anilines is 1. The second kappa shape index (κ2) is 2.97. The monoisotopic (exact) mass is 241 g/mol. The molecule has 1 amide bonds. The number of carbonyl (C=O) groups is 1. The lowest BCUT2D eigenvalue weighted by Crippen LogP contribution is -2.42. The molecule has 2 fully saturated rings. The van der Waals surface area contributed by atoms with Crippen LogP contribution in [0.5, 0.6) is 0 Å². The molecular weight excluding hydrogens is 226 g/mol. The van der Waals surface area contributed by atoms with Crippen molar-refractivity contribution in [1.82, 2.24) is 0 Å². The molecule has 1 saturated carbocycles. The summed E-state index contributed by atoms with van der Waals surface area (Å²) in [5, 5.41) is 0. The molecule has 0 bridgehead atoms. The largest absolute Gasteiger partial charge is 0.492 e. The van der Waals surface area contributed by atoms with Crippen LogP contribution in [0, 0.1) is 5.41 Å². The van der Waals surface area contributed by atoms with Crippen molar-refractivity contribution in [3.8, 4) is 0 Å². The van der Waals surface area contributed by atoms with Crippen molar-refractivity contribution in [1.29, 1.82) is 0 Å². The summed E-state index contributed by atoms with van der Waals surface area (Å²) in [7, 11) is 0. The molecule has 4 rings (SSSR count). The SMILES string of the molecule is C[C@]12OC=C[C@H]1N(c1ccccc1)C(=O)C21CC1. The van der Waals surface area contributed by atoms with Crippen molar-refractivity contribution in [2.75, 3.05) is 4.90 Å². The summed E-state index contributed by atoms with van der Waals surface area (Å²) >= 11 is 0. The van der Waals surface area contributed by atoms with Crippen LogP contribution in [0.2, 0.25) is 0 Å². The number of amides is 1. The van der Waals surface area contributed by atoms with E-state index >= 15 is 0 Å². The molecule has 0 N–H and O–H groups in total. The number of nitrogens with zero attached hydrogens (tertiary/aromatic N) is 1. The number of hydrogen-bond donors (Lipinski definition) is 0. The van der Waals surface area contributed by atoms with Crippen molar-refractivity contribution in [3.05, 3.63) is 42.7 Å². The van der Waals surface area contributed by atoms with E-state index in [-0.39, 0.29) is 23.0 Å². The van der Waals surface area contributed by atoms with Gasteiger partial charge in [-0.15, -0.1) is 0 Å².